The molecule has 4 rings (SSSR count). The summed E-state index contributed by atoms with van der Waals surface area (Å²) in [5.74, 6) is -0.211. The summed E-state index contributed by atoms with van der Waals surface area (Å²) in [6.07, 6.45) is 6.52. The molecule has 1 aliphatic heterocycles. The number of hydrogen-bond donors (Lipinski definition) is 2. The molecule has 166 valence electrons. The number of anilines is 1. The molecule has 2 heterocycles. The average molecular weight is 432 g/mol. The van der Waals surface area contributed by atoms with Crippen molar-refractivity contribution >= 4 is 17.5 Å². The Bertz CT molecular complexity index is 1040. The van der Waals surface area contributed by atoms with E-state index < -0.39 is 0 Å². The zero-order valence-corrected chi connectivity index (χ0v) is 18.1. The Labute approximate surface area is 188 Å². The Balaban J connectivity index is 1.23. The van der Waals surface area contributed by atoms with Crippen LogP contribution in [0.15, 0.2) is 67.0 Å². The summed E-state index contributed by atoms with van der Waals surface area (Å²) in [6.45, 7) is 2.80. The largest absolute Gasteiger partial charge is 0.369 e. The molecule has 0 aliphatic carbocycles. The number of rotatable bonds is 8. The van der Waals surface area contributed by atoms with Crippen LogP contribution in [0.25, 0.3) is 5.69 Å². The molecule has 3 aromatic rings. The smallest absolute Gasteiger partial charge is 0.228 e. The van der Waals surface area contributed by atoms with Crippen LogP contribution in [0, 0.1) is 5.92 Å². The van der Waals surface area contributed by atoms with E-state index in [1.54, 1.807) is 10.9 Å². The van der Waals surface area contributed by atoms with E-state index in [4.69, 9.17) is 5.73 Å². The first kappa shape index (κ1) is 21.8. The van der Waals surface area contributed by atoms with E-state index in [2.05, 4.69) is 27.4 Å². The number of likely N-dealkylation sites (tertiary alicyclic amines) is 1. The van der Waals surface area contributed by atoms with Crippen LogP contribution >= 0.6 is 0 Å². The summed E-state index contributed by atoms with van der Waals surface area (Å²) in [5.41, 5.74) is 9.25. The molecule has 0 bridgehead atoms. The highest BCUT2D eigenvalue weighted by molar-refractivity contribution is 5.92. The highest BCUT2D eigenvalue weighted by Gasteiger charge is 2.22. The second-order valence-electron chi connectivity index (χ2n) is 8.32. The monoisotopic (exact) mass is 431 g/mol. The maximum atomic E-state index is 12.4. The van der Waals surface area contributed by atoms with Crippen molar-refractivity contribution in [2.45, 2.75) is 25.7 Å². The van der Waals surface area contributed by atoms with E-state index in [9.17, 15) is 9.59 Å². The summed E-state index contributed by atoms with van der Waals surface area (Å²) in [7, 11) is 0. The Hall–Kier alpha value is -3.45. The van der Waals surface area contributed by atoms with Gasteiger partial charge in [0.25, 0.3) is 0 Å². The quantitative estimate of drug-likeness (QED) is 0.574. The van der Waals surface area contributed by atoms with Gasteiger partial charge in [-0.05, 0) is 67.7 Å². The highest BCUT2D eigenvalue weighted by atomic mass is 16.2. The second kappa shape index (κ2) is 10.2. The van der Waals surface area contributed by atoms with Gasteiger partial charge >= 0.3 is 0 Å². The molecule has 0 saturated carbocycles. The lowest BCUT2D eigenvalue weighted by Gasteiger charge is -2.30. The first-order valence-electron chi connectivity index (χ1n) is 11.1. The Morgan fingerprint density at radius 1 is 1.00 bits per heavy atom. The van der Waals surface area contributed by atoms with Gasteiger partial charge in [-0.15, -0.1) is 0 Å². The highest BCUT2D eigenvalue weighted by Crippen LogP contribution is 2.18. The summed E-state index contributed by atoms with van der Waals surface area (Å²) in [6, 6.07) is 17.8. The molecule has 7 nitrogen and oxygen atoms in total. The van der Waals surface area contributed by atoms with Crippen molar-refractivity contribution in [1.82, 2.24) is 14.7 Å². The number of para-hydroxylation sites is 1. The Morgan fingerprint density at radius 3 is 2.41 bits per heavy atom. The standard InChI is InChI=1S/C25H29N5O2/c26-25(32)21-11-14-29(15-12-21)13-10-19-6-8-22(9-7-19)28-24(31)16-20-17-27-30(18-20)23-4-2-1-3-5-23/h1-9,17-18,21H,10-16H2,(H2,26,32)(H,28,31). The third kappa shape index (κ3) is 5.82. The van der Waals surface area contributed by atoms with Gasteiger partial charge < -0.3 is 16.0 Å². The van der Waals surface area contributed by atoms with Crippen molar-refractivity contribution in [3.05, 3.63) is 78.1 Å². The number of benzene rings is 2. The third-order valence-electron chi connectivity index (χ3n) is 5.97. The van der Waals surface area contributed by atoms with Gasteiger partial charge in [0, 0.05) is 24.3 Å². The second-order valence-corrected chi connectivity index (χ2v) is 8.32. The van der Waals surface area contributed by atoms with Gasteiger partial charge in [0.2, 0.25) is 11.8 Å². The number of amides is 2. The van der Waals surface area contributed by atoms with Crippen LogP contribution in [0.1, 0.15) is 24.0 Å². The van der Waals surface area contributed by atoms with Crippen LogP contribution in [-0.2, 0) is 22.4 Å². The lowest BCUT2D eigenvalue weighted by molar-refractivity contribution is -0.123. The fraction of sp³-hybridized carbons (Fsp3) is 0.320. The normalized spacial score (nSPS) is 14.9. The summed E-state index contributed by atoms with van der Waals surface area (Å²) < 4.78 is 1.77. The zero-order valence-electron chi connectivity index (χ0n) is 18.1. The van der Waals surface area contributed by atoms with Gasteiger partial charge in [-0.2, -0.15) is 5.10 Å². The number of carbonyl (C=O) groups is 2. The summed E-state index contributed by atoms with van der Waals surface area (Å²) >= 11 is 0. The minimum absolute atomic E-state index is 0.0295. The van der Waals surface area contributed by atoms with Gasteiger partial charge in [-0.1, -0.05) is 30.3 Å². The van der Waals surface area contributed by atoms with E-state index in [0.717, 1.165) is 55.8 Å². The molecule has 0 radical (unpaired) electrons. The lowest BCUT2D eigenvalue weighted by Crippen LogP contribution is -2.39. The van der Waals surface area contributed by atoms with Crippen LogP contribution in [0.3, 0.4) is 0 Å². The average Bonchev–Trinajstić information content (AvgIpc) is 3.28. The van der Waals surface area contributed by atoms with Gasteiger partial charge in [-0.3, -0.25) is 9.59 Å². The molecule has 3 N–H and O–H groups in total. The number of aromatic nitrogens is 2. The predicted molar refractivity (Wildman–Crippen MR) is 124 cm³/mol. The number of nitrogens with zero attached hydrogens (tertiary/aromatic N) is 3. The van der Waals surface area contributed by atoms with Gasteiger partial charge in [0.15, 0.2) is 0 Å². The number of carbonyl (C=O) groups excluding carboxylic acids is 2. The van der Waals surface area contributed by atoms with Crippen LogP contribution in [0.5, 0.6) is 0 Å². The van der Waals surface area contributed by atoms with E-state index in [1.807, 2.05) is 48.7 Å². The Morgan fingerprint density at radius 2 is 1.72 bits per heavy atom. The molecule has 1 aromatic heterocycles. The summed E-state index contributed by atoms with van der Waals surface area (Å²) in [4.78, 5) is 26.1. The minimum Gasteiger partial charge on any atom is -0.369 e. The van der Waals surface area contributed by atoms with E-state index in [1.165, 1.54) is 5.56 Å². The van der Waals surface area contributed by atoms with Crippen LogP contribution < -0.4 is 11.1 Å². The Kier molecular flexibility index (Phi) is 6.97. The van der Waals surface area contributed by atoms with Gasteiger partial charge in [-0.25, -0.2) is 4.68 Å². The molecule has 2 aromatic carbocycles. The predicted octanol–water partition coefficient (Wildman–Crippen LogP) is 2.79. The molecule has 0 spiro atoms. The number of primary amides is 1. The first-order chi connectivity index (χ1) is 15.6. The number of nitrogens with one attached hydrogen (secondary N) is 1. The minimum atomic E-state index is -0.174. The van der Waals surface area contributed by atoms with Gasteiger partial charge in [0.1, 0.15) is 0 Å². The molecule has 1 aliphatic rings. The maximum absolute atomic E-state index is 12.4. The van der Waals surface area contributed by atoms with Crippen molar-refractivity contribution in [3.8, 4) is 5.69 Å². The zero-order chi connectivity index (χ0) is 22.3. The third-order valence-corrected chi connectivity index (χ3v) is 5.97. The molecule has 2 amide bonds. The fourth-order valence-corrected chi connectivity index (χ4v) is 4.05. The molecule has 7 heteroatoms. The molecular formula is C25H29N5O2. The van der Waals surface area contributed by atoms with Gasteiger partial charge in [0.05, 0.1) is 18.3 Å². The number of hydrogen-bond acceptors (Lipinski definition) is 4. The van der Waals surface area contributed by atoms with Crippen LogP contribution in [0.2, 0.25) is 0 Å². The first-order valence-corrected chi connectivity index (χ1v) is 11.1. The van der Waals surface area contributed by atoms with Crippen molar-refractivity contribution in [2.24, 2.45) is 11.7 Å². The topological polar surface area (TPSA) is 93.2 Å². The maximum Gasteiger partial charge on any atom is 0.228 e. The molecular weight excluding hydrogens is 402 g/mol. The molecule has 0 atom stereocenters. The number of nitrogens with two attached hydrogens (primary N) is 1. The molecule has 1 fully saturated rings. The molecule has 0 unspecified atom stereocenters. The summed E-state index contributed by atoms with van der Waals surface area (Å²) in [5, 5.41) is 7.30. The molecule has 1 saturated heterocycles. The van der Waals surface area contributed by atoms with Crippen molar-refractivity contribution in [2.75, 3.05) is 25.0 Å². The van der Waals surface area contributed by atoms with Crippen LogP contribution in [-0.4, -0.2) is 46.1 Å². The van der Waals surface area contributed by atoms with E-state index >= 15 is 0 Å². The van der Waals surface area contributed by atoms with Crippen molar-refractivity contribution < 1.29 is 9.59 Å². The fourth-order valence-electron chi connectivity index (χ4n) is 4.05. The SMILES string of the molecule is NC(=O)C1CCN(CCc2ccc(NC(=O)Cc3cnn(-c4ccccc4)c3)cc2)CC1. The lowest BCUT2D eigenvalue weighted by atomic mass is 9.96. The van der Waals surface area contributed by atoms with Crippen LogP contribution in [0.4, 0.5) is 5.69 Å². The van der Waals surface area contributed by atoms with E-state index in [0.29, 0.717) is 0 Å². The van der Waals surface area contributed by atoms with Crippen molar-refractivity contribution in [3.63, 3.8) is 0 Å². The molecule has 32 heavy (non-hydrogen) atoms. The van der Waals surface area contributed by atoms with E-state index in [-0.39, 0.29) is 24.2 Å². The van der Waals surface area contributed by atoms with Crippen molar-refractivity contribution in [1.29, 1.82) is 0 Å². The number of piperidine rings is 1.